The zero-order valence-corrected chi connectivity index (χ0v) is 26.5. The van der Waals surface area contributed by atoms with E-state index in [2.05, 4.69) is 10.3 Å². The number of sulfonamides is 1. The van der Waals surface area contributed by atoms with Crippen LogP contribution in [0.25, 0.3) is 0 Å². The molecule has 7 rings (SSSR count). The summed E-state index contributed by atoms with van der Waals surface area (Å²) in [6.45, 7) is 2.65. The van der Waals surface area contributed by atoms with Gasteiger partial charge in [0.05, 0.1) is 30.7 Å². The van der Waals surface area contributed by atoms with E-state index in [0.717, 1.165) is 23.3 Å². The van der Waals surface area contributed by atoms with Crippen LogP contribution in [0.1, 0.15) is 58.3 Å². The molecule has 1 N–H and O–H groups in total. The van der Waals surface area contributed by atoms with Crippen molar-refractivity contribution in [1.29, 1.82) is 0 Å². The first-order valence-electron chi connectivity index (χ1n) is 15.1. The van der Waals surface area contributed by atoms with E-state index in [1.807, 2.05) is 6.92 Å². The molecule has 0 aliphatic carbocycles. The number of alkyl halides is 3. The van der Waals surface area contributed by atoms with Crippen molar-refractivity contribution in [2.45, 2.75) is 50.7 Å². The summed E-state index contributed by atoms with van der Waals surface area (Å²) in [6, 6.07) is 8.44. The molecule has 0 unspecified atom stereocenters. The molecule has 14 heteroatoms. The van der Waals surface area contributed by atoms with E-state index in [1.165, 1.54) is 21.5 Å². The Balaban J connectivity index is 1.40. The van der Waals surface area contributed by atoms with E-state index < -0.39 is 33.2 Å². The van der Waals surface area contributed by atoms with E-state index >= 15 is 0 Å². The molecule has 2 amide bonds. The lowest BCUT2D eigenvalue weighted by Crippen LogP contribution is -2.50. The Labute approximate surface area is 266 Å². The highest BCUT2D eigenvalue weighted by Gasteiger charge is 2.47. The lowest BCUT2D eigenvalue weighted by atomic mass is 9.89. The van der Waals surface area contributed by atoms with Gasteiger partial charge < -0.3 is 19.7 Å². The van der Waals surface area contributed by atoms with E-state index in [4.69, 9.17) is 9.47 Å². The molecule has 0 radical (unpaired) electrons. The standard InChI is InChI=1S/C32H37F3N4O6S/c1-22-18-24-7-6-23(22)8-17-46(42,43)39-11-9-31(10-12-39)30(41)36-28(37-31)25-19-26(32(33,34)35)21-27(20-25)45-15-5-3-4-14-44-16-13-38(2)29(24)40/h4,6-7,14,18-21H,3,5,8-13,15-17H2,1-2H3,(H,36,37,41)/b14-4-. The van der Waals surface area contributed by atoms with Gasteiger partial charge in [0.1, 0.15) is 23.7 Å². The van der Waals surface area contributed by atoms with Crippen molar-refractivity contribution in [3.05, 3.63) is 76.6 Å². The van der Waals surface area contributed by atoms with Crippen molar-refractivity contribution in [1.82, 2.24) is 14.5 Å². The van der Waals surface area contributed by atoms with E-state index in [9.17, 15) is 31.2 Å². The van der Waals surface area contributed by atoms with Gasteiger partial charge in [-0.05, 0) is 86.6 Å². The number of nitrogens with one attached hydrogen (secondary N) is 1. The van der Waals surface area contributed by atoms with Gasteiger partial charge in [-0.2, -0.15) is 13.2 Å². The second kappa shape index (κ2) is 13.4. The molecular weight excluding hydrogens is 625 g/mol. The molecule has 0 saturated carbocycles. The number of ether oxygens (including phenoxy) is 2. The Morgan fingerprint density at radius 1 is 1.00 bits per heavy atom. The number of nitrogens with zero attached hydrogens (tertiary/aromatic N) is 3. The highest BCUT2D eigenvalue weighted by Crippen LogP contribution is 2.36. The molecule has 7 bridgehead atoms. The fraction of sp³-hybridized carbons (Fsp3) is 0.469. The highest BCUT2D eigenvalue weighted by atomic mass is 32.2. The maximum atomic E-state index is 13.8. The zero-order chi connectivity index (χ0) is 33.1. The molecule has 1 saturated heterocycles. The predicted octanol–water partition coefficient (Wildman–Crippen LogP) is 4.07. The number of amidine groups is 1. The monoisotopic (exact) mass is 662 g/mol. The summed E-state index contributed by atoms with van der Waals surface area (Å²) in [6.07, 6.45) is 0.0847. The van der Waals surface area contributed by atoms with Crippen LogP contribution in [0.4, 0.5) is 13.2 Å². The summed E-state index contributed by atoms with van der Waals surface area (Å²) in [5.41, 5.74) is -0.0697. The maximum absolute atomic E-state index is 13.8. The molecular formula is C32H37F3N4O6S. The minimum Gasteiger partial charge on any atom is -0.500 e. The number of hydrogen-bond acceptors (Lipinski definition) is 7. The Morgan fingerprint density at radius 3 is 2.48 bits per heavy atom. The van der Waals surface area contributed by atoms with Crippen molar-refractivity contribution >= 4 is 27.7 Å². The van der Waals surface area contributed by atoms with Gasteiger partial charge in [0.2, 0.25) is 10.0 Å². The number of amides is 2. The molecule has 0 atom stereocenters. The van der Waals surface area contributed by atoms with Crippen LogP contribution in [-0.4, -0.2) is 86.5 Å². The number of halogens is 3. The minimum atomic E-state index is -4.66. The number of allylic oxidation sites excluding steroid dienone is 1. The first-order chi connectivity index (χ1) is 21.8. The molecule has 5 heterocycles. The molecule has 46 heavy (non-hydrogen) atoms. The fourth-order valence-corrected chi connectivity index (χ4v) is 7.17. The molecule has 248 valence electrons. The number of fused-ring (bicyclic) bond motifs is 2. The molecule has 0 aromatic heterocycles. The first-order valence-corrected chi connectivity index (χ1v) is 16.7. The van der Waals surface area contributed by atoms with Crippen LogP contribution < -0.4 is 10.1 Å². The topological polar surface area (TPSA) is 118 Å². The molecule has 2 aromatic carbocycles. The van der Waals surface area contributed by atoms with Gasteiger partial charge in [-0.1, -0.05) is 6.07 Å². The zero-order valence-electron chi connectivity index (χ0n) is 25.7. The Morgan fingerprint density at radius 2 is 1.76 bits per heavy atom. The second-order valence-corrected chi connectivity index (χ2v) is 13.8. The lowest BCUT2D eigenvalue weighted by Gasteiger charge is -2.34. The highest BCUT2D eigenvalue weighted by molar-refractivity contribution is 7.89. The lowest BCUT2D eigenvalue weighted by molar-refractivity contribution is -0.137. The Hall–Kier alpha value is -3.91. The van der Waals surface area contributed by atoms with Crippen LogP contribution in [0, 0.1) is 6.92 Å². The molecule has 5 aliphatic heterocycles. The van der Waals surface area contributed by atoms with Gasteiger partial charge in [0.15, 0.2) is 0 Å². The summed E-state index contributed by atoms with van der Waals surface area (Å²) in [5.74, 6) is -0.841. The van der Waals surface area contributed by atoms with Gasteiger partial charge in [0.25, 0.3) is 11.8 Å². The van der Waals surface area contributed by atoms with Gasteiger partial charge in [-0.3, -0.25) is 14.6 Å². The third-order valence-corrected chi connectivity index (χ3v) is 10.4. The number of likely N-dealkylation sites (N-methyl/N-ethyl adjacent to an activating group) is 1. The summed E-state index contributed by atoms with van der Waals surface area (Å²) in [7, 11) is -2.03. The number of aliphatic imine (C=N–C) groups is 1. The third kappa shape index (κ3) is 7.55. The first kappa shape index (κ1) is 33.5. The fourth-order valence-electron chi connectivity index (χ4n) is 5.69. The largest absolute Gasteiger partial charge is 0.500 e. The van der Waals surface area contributed by atoms with Gasteiger partial charge in [0, 0.05) is 31.3 Å². The number of rotatable bonds is 0. The van der Waals surface area contributed by atoms with Crippen molar-refractivity contribution in [3.8, 4) is 5.75 Å². The number of carbonyl (C=O) groups is 2. The Kier molecular flexibility index (Phi) is 9.78. The SMILES string of the molecule is Cc1cc2ccc1CCS(=O)(=O)N1CCC3(CC1)N=C(NC3=O)c1cc(cc(C(F)(F)F)c1)OCCC/C=C\OCCN(C)C2=O. The number of piperidine rings is 1. The Bertz CT molecular complexity index is 1650. The van der Waals surface area contributed by atoms with Crippen molar-refractivity contribution in [3.63, 3.8) is 0 Å². The molecule has 10 nitrogen and oxygen atoms in total. The summed E-state index contributed by atoms with van der Waals surface area (Å²) < 4.78 is 80.4. The van der Waals surface area contributed by atoms with Crippen LogP contribution in [-0.2, 0) is 32.2 Å². The number of aryl methyl sites for hydroxylation is 2. The number of benzene rings is 2. The second-order valence-electron chi connectivity index (χ2n) is 11.8. The maximum Gasteiger partial charge on any atom is 0.416 e. The molecule has 1 fully saturated rings. The summed E-state index contributed by atoms with van der Waals surface area (Å²) >= 11 is 0. The van der Waals surface area contributed by atoms with Crippen LogP contribution in [0.3, 0.4) is 0 Å². The van der Waals surface area contributed by atoms with Crippen LogP contribution >= 0.6 is 0 Å². The average molecular weight is 663 g/mol. The van der Waals surface area contributed by atoms with Crippen molar-refractivity contribution in [2.24, 2.45) is 4.99 Å². The van der Waals surface area contributed by atoms with Crippen LogP contribution in [0.5, 0.6) is 5.75 Å². The van der Waals surface area contributed by atoms with Gasteiger partial charge >= 0.3 is 6.18 Å². The summed E-state index contributed by atoms with van der Waals surface area (Å²) in [4.78, 5) is 32.1. The minimum absolute atomic E-state index is 0.00209. The normalized spacial score (nSPS) is 25.2. The molecule has 5 aliphatic rings. The van der Waals surface area contributed by atoms with Crippen LogP contribution in [0.2, 0.25) is 0 Å². The quantitative estimate of drug-likeness (QED) is 0.455. The van der Waals surface area contributed by atoms with E-state index in [0.29, 0.717) is 24.9 Å². The molecule has 2 aromatic rings. The van der Waals surface area contributed by atoms with Crippen molar-refractivity contribution < 1.29 is 40.7 Å². The van der Waals surface area contributed by atoms with Crippen molar-refractivity contribution in [2.75, 3.05) is 45.6 Å². The number of carbonyl (C=O) groups excluding carboxylic acids is 2. The van der Waals surface area contributed by atoms with Crippen LogP contribution in [0.15, 0.2) is 53.7 Å². The van der Waals surface area contributed by atoms with E-state index in [1.54, 1.807) is 31.3 Å². The predicted molar refractivity (Wildman–Crippen MR) is 165 cm³/mol. The molecule has 1 spiro atoms. The average Bonchev–Trinajstić information content (AvgIpc) is 3.33. The van der Waals surface area contributed by atoms with E-state index in [-0.39, 0.29) is 74.4 Å². The third-order valence-electron chi connectivity index (χ3n) is 8.52. The smallest absolute Gasteiger partial charge is 0.416 e. The number of hydrogen-bond donors (Lipinski definition) is 1. The summed E-state index contributed by atoms with van der Waals surface area (Å²) in [5, 5.41) is 2.63. The van der Waals surface area contributed by atoms with Gasteiger partial charge in [-0.25, -0.2) is 12.7 Å². The van der Waals surface area contributed by atoms with Gasteiger partial charge in [-0.15, -0.1) is 0 Å².